The zero-order chi connectivity index (χ0) is 8.55. The van der Waals surface area contributed by atoms with Crippen LogP contribution in [0.1, 0.15) is 6.92 Å². The quantitative estimate of drug-likeness (QED) is 0.455. The summed E-state index contributed by atoms with van der Waals surface area (Å²) in [4.78, 5) is 15.0. The summed E-state index contributed by atoms with van der Waals surface area (Å²) in [5, 5.41) is 8.50. The number of carbonyl (C=O) groups excluding carboxylic acids is 1. The van der Waals surface area contributed by atoms with Crippen LogP contribution in [-0.2, 0) is 0 Å². The summed E-state index contributed by atoms with van der Waals surface area (Å²) < 4.78 is 0. The van der Waals surface area contributed by atoms with Gasteiger partial charge in [0.2, 0.25) is 0 Å². The molecule has 12 heavy (non-hydrogen) atoms. The van der Waals surface area contributed by atoms with Crippen LogP contribution >= 0.6 is 0 Å². The van der Waals surface area contributed by atoms with Gasteiger partial charge in [-0.15, -0.1) is 0 Å². The van der Waals surface area contributed by atoms with E-state index in [0.29, 0.717) is 0 Å². The Labute approximate surface area is 69.9 Å². The number of carbonyl (C=O) groups is 1. The Morgan fingerprint density at radius 3 is 3.08 bits per heavy atom. The zero-order valence-corrected chi connectivity index (χ0v) is 6.66. The molecule has 0 aromatic rings. The molecular formula is C7H10N4O. The minimum atomic E-state index is -0.152. The number of urea groups is 1. The van der Waals surface area contributed by atoms with Crippen molar-refractivity contribution in [2.45, 2.75) is 19.1 Å². The molecule has 2 aliphatic heterocycles. The van der Waals surface area contributed by atoms with E-state index in [2.05, 4.69) is 20.9 Å². The molecule has 0 radical (unpaired) electrons. The van der Waals surface area contributed by atoms with Crippen molar-refractivity contribution in [3.8, 4) is 0 Å². The van der Waals surface area contributed by atoms with Crippen LogP contribution in [0.5, 0.6) is 0 Å². The summed E-state index contributed by atoms with van der Waals surface area (Å²) in [6.07, 6.45) is 3.53. The number of amides is 2. The second-order valence-corrected chi connectivity index (χ2v) is 2.72. The number of nitrogens with one attached hydrogen (secondary N) is 3. The summed E-state index contributed by atoms with van der Waals surface area (Å²) in [7, 11) is 0. The average Bonchev–Trinajstić information content (AvgIpc) is 2.43. The second kappa shape index (κ2) is 2.51. The van der Waals surface area contributed by atoms with Gasteiger partial charge in [-0.2, -0.15) is 0 Å². The monoisotopic (exact) mass is 166 g/mol. The van der Waals surface area contributed by atoms with Crippen LogP contribution in [0, 0.1) is 0 Å². The molecule has 5 nitrogen and oxygen atoms in total. The molecule has 0 saturated carbocycles. The van der Waals surface area contributed by atoms with Crippen LogP contribution in [0.25, 0.3) is 0 Å². The molecule has 0 spiro atoms. The van der Waals surface area contributed by atoms with Crippen molar-refractivity contribution in [2.24, 2.45) is 4.99 Å². The molecule has 3 N–H and O–H groups in total. The molecule has 2 amide bonds. The predicted octanol–water partition coefficient (Wildman–Crippen LogP) is -0.471. The number of nitrogens with zero attached hydrogens (tertiary/aromatic N) is 1. The van der Waals surface area contributed by atoms with Crippen LogP contribution in [0.2, 0.25) is 0 Å². The van der Waals surface area contributed by atoms with Gasteiger partial charge in [0.15, 0.2) is 0 Å². The lowest BCUT2D eigenvalue weighted by Crippen LogP contribution is -2.48. The van der Waals surface area contributed by atoms with Gasteiger partial charge in [0.05, 0.1) is 0 Å². The van der Waals surface area contributed by atoms with Crippen LogP contribution in [0.3, 0.4) is 0 Å². The summed E-state index contributed by atoms with van der Waals surface area (Å²) >= 11 is 0. The van der Waals surface area contributed by atoms with Gasteiger partial charge in [0.25, 0.3) is 0 Å². The maximum Gasteiger partial charge on any atom is 0.317 e. The highest BCUT2D eigenvalue weighted by atomic mass is 16.2. The highest BCUT2D eigenvalue weighted by Gasteiger charge is 2.32. The molecule has 2 rings (SSSR count). The molecule has 2 heterocycles. The molecule has 2 atom stereocenters. The SMILES string of the molecule is C/C=C1/N=CC2NC(=O)NC2N1. The third-order valence-corrected chi connectivity index (χ3v) is 1.89. The third kappa shape index (κ3) is 1.03. The molecule has 1 fully saturated rings. The first kappa shape index (κ1) is 7.15. The van der Waals surface area contributed by atoms with E-state index in [1.807, 2.05) is 13.0 Å². The van der Waals surface area contributed by atoms with E-state index < -0.39 is 0 Å². The van der Waals surface area contributed by atoms with Gasteiger partial charge in [-0.05, 0) is 13.0 Å². The van der Waals surface area contributed by atoms with E-state index in [0.717, 1.165) is 5.82 Å². The average molecular weight is 166 g/mol. The van der Waals surface area contributed by atoms with Crippen LogP contribution < -0.4 is 16.0 Å². The summed E-state index contributed by atoms with van der Waals surface area (Å²) in [6.45, 7) is 1.89. The lowest BCUT2D eigenvalue weighted by molar-refractivity contribution is 0.247. The van der Waals surface area contributed by atoms with Crippen molar-refractivity contribution in [3.05, 3.63) is 11.9 Å². The molecule has 0 aliphatic carbocycles. The van der Waals surface area contributed by atoms with E-state index in [1.165, 1.54) is 0 Å². The van der Waals surface area contributed by atoms with Crippen molar-refractivity contribution in [2.75, 3.05) is 0 Å². The minimum absolute atomic E-state index is 0.0267. The number of hydrogen-bond donors (Lipinski definition) is 3. The first-order valence-electron chi connectivity index (χ1n) is 3.83. The van der Waals surface area contributed by atoms with Crippen LogP contribution in [0.4, 0.5) is 4.79 Å². The van der Waals surface area contributed by atoms with Gasteiger partial charge in [0.1, 0.15) is 18.0 Å². The lowest BCUT2D eigenvalue weighted by atomic mass is 10.2. The van der Waals surface area contributed by atoms with Gasteiger partial charge in [0, 0.05) is 6.21 Å². The number of hydrogen-bond acceptors (Lipinski definition) is 3. The summed E-state index contributed by atoms with van der Waals surface area (Å²) in [5.74, 6) is 0.792. The fourth-order valence-corrected chi connectivity index (χ4v) is 1.27. The van der Waals surface area contributed by atoms with E-state index >= 15 is 0 Å². The van der Waals surface area contributed by atoms with E-state index in [-0.39, 0.29) is 18.2 Å². The number of rotatable bonds is 0. The molecule has 0 bridgehead atoms. The molecule has 0 aromatic heterocycles. The topological polar surface area (TPSA) is 65.5 Å². The van der Waals surface area contributed by atoms with Crippen molar-refractivity contribution in [1.29, 1.82) is 0 Å². The number of fused-ring (bicyclic) bond motifs is 1. The molecular weight excluding hydrogens is 156 g/mol. The lowest BCUT2D eigenvalue weighted by Gasteiger charge is -2.21. The van der Waals surface area contributed by atoms with E-state index in [9.17, 15) is 4.79 Å². The number of aliphatic imine (C=N–C) groups is 1. The fraction of sp³-hybridized carbons (Fsp3) is 0.429. The molecule has 2 aliphatic rings. The summed E-state index contributed by atoms with van der Waals surface area (Å²) in [6, 6.07) is -0.178. The van der Waals surface area contributed by atoms with Crippen molar-refractivity contribution >= 4 is 12.2 Å². The Morgan fingerprint density at radius 2 is 2.33 bits per heavy atom. The smallest absolute Gasteiger partial charge is 0.317 e. The van der Waals surface area contributed by atoms with Gasteiger partial charge >= 0.3 is 6.03 Å². The highest BCUT2D eigenvalue weighted by molar-refractivity contribution is 5.85. The van der Waals surface area contributed by atoms with Crippen molar-refractivity contribution in [3.63, 3.8) is 0 Å². The second-order valence-electron chi connectivity index (χ2n) is 2.72. The molecule has 1 saturated heterocycles. The maximum atomic E-state index is 10.9. The number of allylic oxidation sites excluding steroid dienone is 1. The molecule has 5 heteroatoms. The highest BCUT2D eigenvalue weighted by Crippen LogP contribution is 2.06. The molecule has 0 aromatic carbocycles. The standard InChI is InChI=1S/C7H10N4O/c1-2-5-8-3-4-6(10-5)11-7(12)9-4/h2-4,6,10H,1H3,(H2,9,11,12)/b5-2-. The Bertz CT molecular complexity index is 271. The van der Waals surface area contributed by atoms with E-state index in [1.54, 1.807) is 6.21 Å². The van der Waals surface area contributed by atoms with Crippen LogP contribution in [-0.4, -0.2) is 24.5 Å². The third-order valence-electron chi connectivity index (χ3n) is 1.89. The minimum Gasteiger partial charge on any atom is -0.348 e. The van der Waals surface area contributed by atoms with Gasteiger partial charge in [-0.3, -0.25) is 0 Å². The normalized spacial score (nSPS) is 35.4. The first-order chi connectivity index (χ1) is 5.79. The van der Waals surface area contributed by atoms with Crippen LogP contribution in [0.15, 0.2) is 16.9 Å². The van der Waals surface area contributed by atoms with E-state index in [4.69, 9.17) is 0 Å². The Kier molecular flexibility index (Phi) is 1.49. The fourth-order valence-electron chi connectivity index (χ4n) is 1.27. The van der Waals surface area contributed by atoms with Crippen molar-refractivity contribution < 1.29 is 4.79 Å². The molecule has 2 unspecified atom stereocenters. The van der Waals surface area contributed by atoms with Gasteiger partial charge in [-0.1, -0.05) is 0 Å². The van der Waals surface area contributed by atoms with Gasteiger partial charge < -0.3 is 16.0 Å². The first-order valence-corrected chi connectivity index (χ1v) is 3.83. The van der Waals surface area contributed by atoms with Crippen molar-refractivity contribution in [1.82, 2.24) is 16.0 Å². The maximum absolute atomic E-state index is 10.9. The molecule has 64 valence electrons. The predicted molar refractivity (Wildman–Crippen MR) is 44.6 cm³/mol. The Hall–Kier alpha value is -1.52. The largest absolute Gasteiger partial charge is 0.348 e. The van der Waals surface area contributed by atoms with Gasteiger partial charge in [-0.25, -0.2) is 9.79 Å². The summed E-state index contributed by atoms with van der Waals surface area (Å²) in [5.41, 5.74) is 0. The Balaban J connectivity index is 2.18. The Morgan fingerprint density at radius 1 is 1.50 bits per heavy atom. The zero-order valence-electron chi connectivity index (χ0n) is 6.66.